The molecule has 0 saturated heterocycles. The van der Waals surface area contributed by atoms with Crippen molar-refractivity contribution in [2.45, 2.75) is 64.7 Å². The third kappa shape index (κ3) is 11.5. The van der Waals surface area contributed by atoms with E-state index in [-0.39, 0.29) is 0 Å². The van der Waals surface area contributed by atoms with Crippen molar-refractivity contribution in [2.24, 2.45) is 0 Å². The first-order valence-electron chi connectivity index (χ1n) is 6.09. The summed E-state index contributed by atoms with van der Waals surface area (Å²) in [4.78, 5) is 15.3. The molecule has 0 fully saturated rings. The molecule has 3 heteroatoms. The molecular formula is C12H24O3. The van der Waals surface area contributed by atoms with Gasteiger partial charge in [0.1, 0.15) is 5.78 Å². The van der Waals surface area contributed by atoms with Gasteiger partial charge in [-0.2, -0.15) is 0 Å². The van der Waals surface area contributed by atoms with Crippen LogP contribution >= 0.6 is 0 Å². The van der Waals surface area contributed by atoms with Gasteiger partial charge < -0.3 is 0 Å². The Morgan fingerprint density at radius 2 is 1.60 bits per heavy atom. The van der Waals surface area contributed by atoms with E-state index in [0.29, 0.717) is 18.8 Å². The summed E-state index contributed by atoms with van der Waals surface area (Å²) in [6.45, 7) is 2.55. The smallest absolute Gasteiger partial charge is 0.132 e. The van der Waals surface area contributed by atoms with Gasteiger partial charge in [-0.15, -0.1) is 0 Å². The molecule has 0 rings (SSSR count). The van der Waals surface area contributed by atoms with Crippen LogP contribution in [0.15, 0.2) is 0 Å². The highest BCUT2D eigenvalue weighted by atomic mass is 17.1. The highest BCUT2D eigenvalue weighted by Crippen LogP contribution is 2.07. The van der Waals surface area contributed by atoms with Crippen LogP contribution in [-0.4, -0.2) is 17.6 Å². The molecule has 15 heavy (non-hydrogen) atoms. The van der Waals surface area contributed by atoms with Gasteiger partial charge in [-0.25, -0.2) is 4.89 Å². The van der Waals surface area contributed by atoms with Gasteiger partial charge in [0.25, 0.3) is 0 Å². The summed E-state index contributed by atoms with van der Waals surface area (Å²) in [5.41, 5.74) is 0. The molecule has 0 bridgehead atoms. The summed E-state index contributed by atoms with van der Waals surface area (Å²) in [7, 11) is 0. The number of carbonyl (C=O) groups is 1. The van der Waals surface area contributed by atoms with E-state index in [1.165, 1.54) is 19.3 Å². The maximum absolute atomic E-state index is 11.4. The Hall–Kier alpha value is -0.410. The number of rotatable bonds is 11. The molecule has 90 valence electrons. The molecule has 0 radical (unpaired) electrons. The quantitative estimate of drug-likeness (QED) is 0.326. The molecule has 3 nitrogen and oxygen atoms in total. The van der Waals surface area contributed by atoms with Gasteiger partial charge in [0.05, 0.1) is 6.61 Å². The largest absolute Gasteiger partial charge is 0.300 e. The molecular weight excluding hydrogens is 192 g/mol. The first-order valence-corrected chi connectivity index (χ1v) is 6.09. The fraction of sp³-hybridized carbons (Fsp3) is 0.917. The number of hydrogen-bond donors (Lipinski definition) is 1. The number of unbranched alkanes of at least 4 members (excludes halogenated alkanes) is 5. The summed E-state index contributed by atoms with van der Waals surface area (Å²) < 4.78 is 0. The lowest BCUT2D eigenvalue weighted by Crippen LogP contribution is -1.98. The van der Waals surface area contributed by atoms with Crippen molar-refractivity contribution in [3.8, 4) is 0 Å². The summed E-state index contributed by atoms with van der Waals surface area (Å²) >= 11 is 0. The van der Waals surface area contributed by atoms with E-state index in [1.54, 1.807) is 0 Å². The lowest BCUT2D eigenvalue weighted by molar-refractivity contribution is -0.242. The Bertz CT molecular complexity index is 146. The van der Waals surface area contributed by atoms with Crippen LogP contribution in [0.4, 0.5) is 0 Å². The van der Waals surface area contributed by atoms with E-state index in [0.717, 1.165) is 32.1 Å². The van der Waals surface area contributed by atoms with Gasteiger partial charge in [0.15, 0.2) is 0 Å². The fourth-order valence-electron chi connectivity index (χ4n) is 1.54. The zero-order chi connectivity index (χ0) is 11.4. The Kier molecular flexibility index (Phi) is 11.3. The zero-order valence-corrected chi connectivity index (χ0v) is 9.83. The average molecular weight is 216 g/mol. The van der Waals surface area contributed by atoms with E-state index in [1.807, 2.05) is 0 Å². The molecule has 0 atom stereocenters. The molecule has 0 aromatic carbocycles. The van der Waals surface area contributed by atoms with Gasteiger partial charge in [0.2, 0.25) is 0 Å². The van der Waals surface area contributed by atoms with Gasteiger partial charge in [-0.3, -0.25) is 10.1 Å². The van der Waals surface area contributed by atoms with Crippen LogP contribution < -0.4 is 0 Å². The Morgan fingerprint density at radius 1 is 1.00 bits per heavy atom. The van der Waals surface area contributed by atoms with Crippen LogP contribution in [0.3, 0.4) is 0 Å². The van der Waals surface area contributed by atoms with Crippen LogP contribution in [0, 0.1) is 0 Å². The highest BCUT2D eigenvalue weighted by Gasteiger charge is 2.01. The summed E-state index contributed by atoms with van der Waals surface area (Å²) in [5.74, 6) is 0.385. The first-order chi connectivity index (χ1) is 7.31. The number of carbonyl (C=O) groups excluding carboxylic acids is 1. The molecule has 0 spiro atoms. The second-order valence-corrected chi connectivity index (χ2v) is 3.99. The minimum atomic E-state index is 0.380. The normalized spacial score (nSPS) is 10.5. The van der Waals surface area contributed by atoms with Crippen molar-refractivity contribution in [1.29, 1.82) is 0 Å². The minimum Gasteiger partial charge on any atom is -0.300 e. The standard InChI is InChI=1S/C12H24O3/c1-2-3-4-6-9-12(13)10-7-5-8-11-15-14/h14H,2-11H2,1H3. The van der Waals surface area contributed by atoms with Crippen molar-refractivity contribution in [3.63, 3.8) is 0 Å². The second kappa shape index (κ2) is 11.7. The maximum Gasteiger partial charge on any atom is 0.132 e. The molecule has 0 unspecified atom stereocenters. The molecule has 0 aromatic heterocycles. The topological polar surface area (TPSA) is 46.5 Å². The third-order valence-electron chi connectivity index (χ3n) is 2.50. The monoisotopic (exact) mass is 216 g/mol. The van der Waals surface area contributed by atoms with E-state index in [9.17, 15) is 4.79 Å². The van der Waals surface area contributed by atoms with Crippen LogP contribution in [0.2, 0.25) is 0 Å². The fourth-order valence-corrected chi connectivity index (χ4v) is 1.54. The second-order valence-electron chi connectivity index (χ2n) is 3.99. The van der Waals surface area contributed by atoms with Crippen LogP contribution in [-0.2, 0) is 9.68 Å². The van der Waals surface area contributed by atoms with Crippen LogP contribution in [0.5, 0.6) is 0 Å². The maximum atomic E-state index is 11.4. The predicted molar refractivity (Wildman–Crippen MR) is 60.8 cm³/mol. The number of Topliss-reactive ketones (excluding diaryl/α,β-unsaturated/α-hetero) is 1. The molecule has 0 aliphatic rings. The summed E-state index contributed by atoms with van der Waals surface area (Å²) in [6, 6.07) is 0. The van der Waals surface area contributed by atoms with Crippen LogP contribution in [0.25, 0.3) is 0 Å². The Labute approximate surface area is 92.8 Å². The molecule has 0 aliphatic carbocycles. The average Bonchev–Trinajstić information content (AvgIpc) is 2.24. The van der Waals surface area contributed by atoms with E-state index < -0.39 is 0 Å². The Morgan fingerprint density at radius 3 is 2.13 bits per heavy atom. The van der Waals surface area contributed by atoms with E-state index in [2.05, 4.69) is 11.8 Å². The van der Waals surface area contributed by atoms with Crippen molar-refractivity contribution in [3.05, 3.63) is 0 Å². The van der Waals surface area contributed by atoms with Crippen LogP contribution in [0.1, 0.15) is 64.7 Å². The highest BCUT2D eigenvalue weighted by molar-refractivity contribution is 5.78. The van der Waals surface area contributed by atoms with Crippen molar-refractivity contribution in [2.75, 3.05) is 6.61 Å². The van der Waals surface area contributed by atoms with Gasteiger partial charge in [0, 0.05) is 12.8 Å². The van der Waals surface area contributed by atoms with Crippen molar-refractivity contribution < 1.29 is 14.9 Å². The van der Waals surface area contributed by atoms with Crippen molar-refractivity contribution >= 4 is 5.78 Å². The molecule has 0 aliphatic heterocycles. The lowest BCUT2D eigenvalue weighted by Gasteiger charge is -2.01. The summed E-state index contributed by atoms with van der Waals surface area (Å²) in [5, 5.41) is 8.07. The predicted octanol–water partition coefficient (Wildman–Crippen LogP) is 3.58. The zero-order valence-electron chi connectivity index (χ0n) is 9.83. The third-order valence-corrected chi connectivity index (χ3v) is 2.50. The van der Waals surface area contributed by atoms with Gasteiger partial charge in [-0.1, -0.05) is 32.6 Å². The summed E-state index contributed by atoms with van der Waals surface area (Å²) in [6.07, 6.45) is 8.84. The van der Waals surface area contributed by atoms with Gasteiger partial charge >= 0.3 is 0 Å². The van der Waals surface area contributed by atoms with E-state index >= 15 is 0 Å². The Balaban J connectivity index is 3.11. The lowest BCUT2D eigenvalue weighted by atomic mass is 10.1. The molecule has 0 aromatic rings. The molecule has 1 N–H and O–H groups in total. The minimum absolute atomic E-state index is 0.380. The number of ketones is 1. The number of hydrogen-bond acceptors (Lipinski definition) is 3. The molecule has 0 heterocycles. The molecule has 0 amide bonds. The SMILES string of the molecule is CCCCCCC(=O)CCCCCOO. The van der Waals surface area contributed by atoms with E-state index in [4.69, 9.17) is 5.26 Å². The molecule has 0 saturated carbocycles. The van der Waals surface area contributed by atoms with Crippen molar-refractivity contribution in [1.82, 2.24) is 0 Å². The first kappa shape index (κ1) is 14.6. The van der Waals surface area contributed by atoms with Gasteiger partial charge in [-0.05, 0) is 19.3 Å².